The zero-order valence-electron chi connectivity index (χ0n) is 7.21. The van der Waals surface area contributed by atoms with Gasteiger partial charge >= 0.3 is 0 Å². The maximum absolute atomic E-state index is 13.3. The van der Waals surface area contributed by atoms with Crippen LogP contribution in [0.3, 0.4) is 0 Å². The van der Waals surface area contributed by atoms with Crippen molar-refractivity contribution < 1.29 is 13.9 Å². The Morgan fingerprint density at radius 3 is 2.69 bits per heavy atom. The van der Waals surface area contributed by atoms with Gasteiger partial charge in [-0.2, -0.15) is 0 Å². The molecule has 0 heterocycles. The molecule has 68 valence electrons. The Kier molecular flexibility index (Phi) is 2.80. The normalized spacial score (nSPS) is 9.38. The molecule has 0 saturated heterocycles. The first-order valence-electron chi connectivity index (χ1n) is 3.68. The molecule has 0 unspecified atom stereocenters. The Morgan fingerprint density at radius 1 is 1.54 bits per heavy atom. The molecule has 0 N–H and O–H groups in total. The summed E-state index contributed by atoms with van der Waals surface area (Å²) in [6, 6.07) is 3.04. The van der Waals surface area contributed by atoms with Crippen molar-refractivity contribution in [2.45, 2.75) is 0 Å². The molecule has 0 aliphatic rings. The summed E-state index contributed by atoms with van der Waals surface area (Å²) in [6.07, 6.45) is 1.88. The number of ether oxygens (including phenoxy) is 1. The van der Waals surface area contributed by atoms with Crippen LogP contribution in [0.2, 0.25) is 0 Å². The van der Waals surface area contributed by atoms with Crippen molar-refractivity contribution in [2.75, 3.05) is 7.11 Å². The van der Waals surface area contributed by atoms with Crippen LogP contribution in [-0.2, 0) is 0 Å². The molecule has 13 heavy (non-hydrogen) atoms. The van der Waals surface area contributed by atoms with Crippen molar-refractivity contribution >= 4 is 12.4 Å². The Bertz CT molecular complexity index is 345. The van der Waals surface area contributed by atoms with Gasteiger partial charge in [-0.05, 0) is 11.6 Å². The SMILES string of the molecule is C=Cc1ccc(OC)c(F)c1C=O. The Balaban J connectivity index is 3.39. The van der Waals surface area contributed by atoms with Crippen LogP contribution < -0.4 is 4.74 Å². The van der Waals surface area contributed by atoms with E-state index in [1.807, 2.05) is 0 Å². The van der Waals surface area contributed by atoms with Crippen molar-refractivity contribution in [3.63, 3.8) is 0 Å². The number of benzene rings is 1. The third-order valence-corrected chi connectivity index (χ3v) is 1.74. The molecule has 0 radical (unpaired) electrons. The van der Waals surface area contributed by atoms with Crippen molar-refractivity contribution in [3.8, 4) is 5.75 Å². The van der Waals surface area contributed by atoms with E-state index in [1.54, 1.807) is 6.07 Å². The average molecular weight is 180 g/mol. The molecule has 0 aromatic heterocycles. The number of methoxy groups -OCH3 is 1. The highest BCUT2D eigenvalue weighted by Gasteiger charge is 2.10. The van der Waals surface area contributed by atoms with Crippen molar-refractivity contribution in [2.24, 2.45) is 0 Å². The van der Waals surface area contributed by atoms with E-state index >= 15 is 0 Å². The fourth-order valence-electron chi connectivity index (χ4n) is 1.04. The molecular formula is C10H9FO2. The van der Waals surface area contributed by atoms with Gasteiger partial charge in [0.2, 0.25) is 0 Å². The largest absolute Gasteiger partial charge is 0.494 e. The third-order valence-electron chi connectivity index (χ3n) is 1.74. The Morgan fingerprint density at radius 2 is 2.23 bits per heavy atom. The maximum Gasteiger partial charge on any atom is 0.176 e. The van der Waals surface area contributed by atoms with Crippen LogP contribution in [0.1, 0.15) is 15.9 Å². The highest BCUT2D eigenvalue weighted by molar-refractivity contribution is 5.82. The summed E-state index contributed by atoms with van der Waals surface area (Å²) in [5, 5.41) is 0. The lowest BCUT2D eigenvalue weighted by Crippen LogP contribution is -1.96. The molecule has 0 spiro atoms. The first-order valence-corrected chi connectivity index (χ1v) is 3.68. The molecule has 0 amide bonds. The first kappa shape index (κ1) is 9.45. The van der Waals surface area contributed by atoms with Crippen LogP contribution in [0.15, 0.2) is 18.7 Å². The lowest BCUT2D eigenvalue weighted by Gasteiger charge is -2.05. The minimum Gasteiger partial charge on any atom is -0.494 e. The summed E-state index contributed by atoms with van der Waals surface area (Å²) >= 11 is 0. The van der Waals surface area contributed by atoms with Gasteiger partial charge in [0.25, 0.3) is 0 Å². The summed E-state index contributed by atoms with van der Waals surface area (Å²) in [6.45, 7) is 3.47. The van der Waals surface area contributed by atoms with Gasteiger partial charge in [-0.1, -0.05) is 18.7 Å². The third kappa shape index (κ3) is 1.59. The fraction of sp³-hybridized carbons (Fsp3) is 0.100. The number of carbonyl (C=O) groups excluding carboxylic acids is 1. The van der Waals surface area contributed by atoms with Crippen molar-refractivity contribution in [3.05, 3.63) is 35.7 Å². The van der Waals surface area contributed by atoms with Crippen LogP contribution >= 0.6 is 0 Å². The molecule has 2 nitrogen and oxygen atoms in total. The summed E-state index contributed by atoms with van der Waals surface area (Å²) in [7, 11) is 1.35. The maximum atomic E-state index is 13.3. The van der Waals surface area contributed by atoms with E-state index in [4.69, 9.17) is 4.74 Å². The second kappa shape index (κ2) is 3.85. The monoisotopic (exact) mass is 180 g/mol. The lowest BCUT2D eigenvalue weighted by molar-refractivity contribution is 0.111. The molecule has 0 aliphatic heterocycles. The number of hydrogen-bond donors (Lipinski definition) is 0. The highest BCUT2D eigenvalue weighted by atomic mass is 19.1. The molecule has 1 aromatic carbocycles. The van der Waals surface area contributed by atoms with Crippen molar-refractivity contribution in [1.29, 1.82) is 0 Å². The zero-order chi connectivity index (χ0) is 9.84. The zero-order valence-corrected chi connectivity index (χ0v) is 7.21. The van der Waals surface area contributed by atoms with Crippen LogP contribution in [0, 0.1) is 5.82 Å². The van der Waals surface area contributed by atoms with Gasteiger partial charge in [0, 0.05) is 0 Å². The van der Waals surface area contributed by atoms with Gasteiger partial charge in [0.1, 0.15) is 0 Å². The van der Waals surface area contributed by atoms with Gasteiger partial charge in [-0.25, -0.2) is 4.39 Å². The van der Waals surface area contributed by atoms with E-state index < -0.39 is 5.82 Å². The van der Waals surface area contributed by atoms with E-state index in [1.165, 1.54) is 19.3 Å². The van der Waals surface area contributed by atoms with E-state index in [0.29, 0.717) is 11.8 Å². The smallest absolute Gasteiger partial charge is 0.176 e. The van der Waals surface area contributed by atoms with Crippen LogP contribution in [0.5, 0.6) is 5.75 Å². The molecule has 3 heteroatoms. The molecule has 0 bridgehead atoms. The van der Waals surface area contributed by atoms with Gasteiger partial charge in [0.05, 0.1) is 12.7 Å². The molecule has 0 atom stereocenters. The quantitative estimate of drug-likeness (QED) is 0.667. The van der Waals surface area contributed by atoms with Gasteiger partial charge in [0.15, 0.2) is 17.9 Å². The van der Waals surface area contributed by atoms with Crippen LogP contribution in [0.25, 0.3) is 6.08 Å². The number of halogens is 1. The first-order chi connectivity index (χ1) is 6.24. The van der Waals surface area contributed by atoms with Crippen molar-refractivity contribution in [1.82, 2.24) is 0 Å². The number of rotatable bonds is 3. The van der Waals surface area contributed by atoms with E-state index in [9.17, 15) is 9.18 Å². The summed E-state index contributed by atoms with van der Waals surface area (Å²) in [5.41, 5.74) is 0.447. The fourth-order valence-corrected chi connectivity index (χ4v) is 1.04. The lowest BCUT2D eigenvalue weighted by atomic mass is 10.1. The Hall–Kier alpha value is -1.64. The number of aldehydes is 1. The second-order valence-electron chi connectivity index (χ2n) is 2.41. The molecule has 0 fully saturated rings. The van der Waals surface area contributed by atoms with Crippen LogP contribution in [0.4, 0.5) is 4.39 Å². The summed E-state index contributed by atoms with van der Waals surface area (Å²) in [4.78, 5) is 10.5. The predicted molar refractivity (Wildman–Crippen MR) is 48.4 cm³/mol. The molecular weight excluding hydrogens is 171 g/mol. The minimum absolute atomic E-state index is 0.0191. The minimum atomic E-state index is -0.644. The predicted octanol–water partition coefficient (Wildman–Crippen LogP) is 2.29. The topological polar surface area (TPSA) is 26.3 Å². The average Bonchev–Trinajstić information content (AvgIpc) is 2.17. The number of hydrogen-bond acceptors (Lipinski definition) is 2. The van der Waals surface area contributed by atoms with Gasteiger partial charge < -0.3 is 4.74 Å². The molecule has 0 saturated carbocycles. The van der Waals surface area contributed by atoms with E-state index in [2.05, 4.69) is 6.58 Å². The van der Waals surface area contributed by atoms with Crippen LogP contribution in [-0.4, -0.2) is 13.4 Å². The summed E-state index contributed by atoms with van der Waals surface area (Å²) < 4.78 is 18.0. The summed E-state index contributed by atoms with van der Waals surface area (Å²) in [5.74, 6) is -0.581. The van der Waals surface area contributed by atoms with E-state index in [-0.39, 0.29) is 11.3 Å². The molecule has 1 rings (SSSR count). The standard InChI is InChI=1S/C10H9FO2/c1-3-7-4-5-9(13-2)10(11)8(7)6-12/h3-6H,1H2,2H3. The Labute approximate surface area is 75.6 Å². The second-order valence-corrected chi connectivity index (χ2v) is 2.41. The van der Waals surface area contributed by atoms with Gasteiger partial charge in [-0.3, -0.25) is 4.79 Å². The molecule has 0 aliphatic carbocycles. The molecule has 1 aromatic rings. The highest BCUT2D eigenvalue weighted by Crippen LogP contribution is 2.22. The van der Waals surface area contributed by atoms with Gasteiger partial charge in [-0.15, -0.1) is 0 Å². The number of carbonyl (C=O) groups is 1. The van der Waals surface area contributed by atoms with E-state index in [0.717, 1.165) is 0 Å².